The highest BCUT2D eigenvalue weighted by Crippen LogP contribution is 2.35. The Morgan fingerprint density at radius 2 is 1.94 bits per heavy atom. The van der Waals surface area contributed by atoms with Crippen LogP contribution in [0.1, 0.15) is 16.7 Å². The predicted molar refractivity (Wildman–Crippen MR) is 72.2 cm³/mol. The molecule has 96 valence electrons. The second-order valence-corrected chi connectivity index (χ2v) is 4.30. The minimum atomic E-state index is 0.525. The summed E-state index contributed by atoms with van der Waals surface area (Å²) in [6, 6.07) is 2.55. The third-order valence-electron chi connectivity index (χ3n) is 3.23. The van der Waals surface area contributed by atoms with E-state index in [4.69, 9.17) is 9.15 Å². The average Bonchev–Trinajstić information content (AvgIpc) is 2.82. The Morgan fingerprint density at radius 1 is 1.22 bits per heavy atom. The zero-order valence-corrected chi connectivity index (χ0v) is 11.4. The fraction of sp³-hybridized carbons (Fsp3) is 0.357. The molecule has 1 aromatic carbocycles. The summed E-state index contributed by atoms with van der Waals surface area (Å²) in [6.45, 7) is 6.17. The van der Waals surface area contributed by atoms with Crippen LogP contribution in [0.3, 0.4) is 0 Å². The second-order valence-electron chi connectivity index (χ2n) is 4.30. The molecule has 0 amide bonds. The van der Waals surface area contributed by atoms with Gasteiger partial charge in [0.15, 0.2) is 5.76 Å². The molecule has 0 bridgehead atoms. The van der Waals surface area contributed by atoms with Gasteiger partial charge in [0.05, 0.1) is 13.3 Å². The topological polar surface area (TPSA) is 47.3 Å². The van der Waals surface area contributed by atoms with Crippen molar-refractivity contribution in [2.45, 2.75) is 20.8 Å². The van der Waals surface area contributed by atoms with Crippen molar-refractivity contribution in [1.29, 1.82) is 0 Å². The van der Waals surface area contributed by atoms with E-state index in [2.05, 4.69) is 17.2 Å². The van der Waals surface area contributed by atoms with E-state index in [1.165, 1.54) is 0 Å². The van der Waals surface area contributed by atoms with Gasteiger partial charge < -0.3 is 14.5 Å². The number of nitrogens with zero attached hydrogens (tertiary/aromatic N) is 1. The lowest BCUT2D eigenvalue weighted by Crippen LogP contribution is -1.95. The van der Waals surface area contributed by atoms with Gasteiger partial charge in [-0.05, 0) is 43.5 Å². The van der Waals surface area contributed by atoms with Crippen LogP contribution in [-0.2, 0) is 0 Å². The molecule has 1 N–H and O–H groups in total. The van der Waals surface area contributed by atoms with Crippen LogP contribution in [0.2, 0.25) is 0 Å². The number of aryl methyl sites for hydroxylation is 1. The third kappa shape index (κ3) is 1.94. The number of rotatable bonds is 3. The molecule has 0 aliphatic rings. The first-order valence-corrected chi connectivity index (χ1v) is 5.87. The van der Waals surface area contributed by atoms with Crippen LogP contribution in [-0.4, -0.2) is 19.1 Å². The maximum atomic E-state index is 5.65. The lowest BCUT2D eigenvalue weighted by molar-refractivity contribution is 0.411. The van der Waals surface area contributed by atoms with Crippen molar-refractivity contribution < 1.29 is 9.15 Å². The van der Waals surface area contributed by atoms with Crippen molar-refractivity contribution in [3.63, 3.8) is 0 Å². The zero-order valence-electron chi connectivity index (χ0n) is 11.4. The van der Waals surface area contributed by atoms with Gasteiger partial charge >= 0.3 is 0 Å². The number of benzene rings is 1. The molecule has 0 saturated carbocycles. The molecule has 0 saturated heterocycles. The summed E-state index contributed by atoms with van der Waals surface area (Å²) in [7, 11) is 3.48. The molecule has 0 radical (unpaired) electrons. The molecule has 0 aliphatic carbocycles. The summed E-state index contributed by atoms with van der Waals surface area (Å²) < 4.78 is 11.0. The quantitative estimate of drug-likeness (QED) is 0.902. The summed E-state index contributed by atoms with van der Waals surface area (Å²) in [5, 5.41) is 2.89. The molecular weight excluding hydrogens is 228 g/mol. The first-order valence-electron chi connectivity index (χ1n) is 5.87. The third-order valence-corrected chi connectivity index (χ3v) is 3.23. The summed E-state index contributed by atoms with van der Waals surface area (Å²) >= 11 is 0. The molecular formula is C14H18N2O2. The summed E-state index contributed by atoms with van der Waals surface area (Å²) in [4.78, 5) is 4.16. The Labute approximate surface area is 107 Å². The Kier molecular flexibility index (Phi) is 3.28. The van der Waals surface area contributed by atoms with E-state index in [9.17, 15) is 0 Å². The molecule has 4 heteroatoms. The van der Waals surface area contributed by atoms with Gasteiger partial charge in [-0.15, -0.1) is 0 Å². The van der Waals surface area contributed by atoms with Crippen LogP contribution in [0.5, 0.6) is 5.75 Å². The maximum absolute atomic E-state index is 5.65. The van der Waals surface area contributed by atoms with E-state index in [1.807, 2.05) is 19.9 Å². The normalized spacial score (nSPS) is 10.5. The number of anilines is 1. The first kappa shape index (κ1) is 12.5. The van der Waals surface area contributed by atoms with Crippen molar-refractivity contribution >= 4 is 6.01 Å². The largest absolute Gasteiger partial charge is 0.496 e. The van der Waals surface area contributed by atoms with E-state index < -0.39 is 0 Å². The van der Waals surface area contributed by atoms with Gasteiger partial charge in [-0.25, -0.2) is 4.98 Å². The summed E-state index contributed by atoms with van der Waals surface area (Å²) in [5.41, 5.74) is 4.49. The van der Waals surface area contributed by atoms with Gasteiger partial charge in [-0.3, -0.25) is 0 Å². The fourth-order valence-electron chi connectivity index (χ4n) is 2.14. The van der Waals surface area contributed by atoms with Gasteiger partial charge in [-0.2, -0.15) is 0 Å². The van der Waals surface area contributed by atoms with Crippen molar-refractivity contribution in [1.82, 2.24) is 4.98 Å². The van der Waals surface area contributed by atoms with E-state index >= 15 is 0 Å². The molecule has 0 spiro atoms. The van der Waals surface area contributed by atoms with E-state index in [-0.39, 0.29) is 0 Å². The Bertz CT molecular complexity index is 573. The molecule has 4 nitrogen and oxygen atoms in total. The van der Waals surface area contributed by atoms with Crippen LogP contribution in [0, 0.1) is 20.8 Å². The lowest BCUT2D eigenvalue weighted by atomic mass is 9.96. The van der Waals surface area contributed by atoms with Crippen molar-refractivity contribution in [3.05, 3.63) is 29.0 Å². The van der Waals surface area contributed by atoms with Gasteiger partial charge in [0.1, 0.15) is 5.75 Å². The van der Waals surface area contributed by atoms with Crippen LogP contribution in [0.4, 0.5) is 6.01 Å². The van der Waals surface area contributed by atoms with E-state index in [0.717, 1.165) is 33.8 Å². The second kappa shape index (κ2) is 4.72. The lowest BCUT2D eigenvalue weighted by Gasteiger charge is -2.14. The zero-order chi connectivity index (χ0) is 13.3. The number of hydrogen-bond acceptors (Lipinski definition) is 4. The molecule has 2 rings (SSSR count). The summed E-state index contributed by atoms with van der Waals surface area (Å²) in [5.74, 6) is 1.68. The molecule has 0 aliphatic heterocycles. The number of nitrogens with one attached hydrogen (secondary N) is 1. The van der Waals surface area contributed by atoms with Crippen molar-refractivity contribution in [3.8, 4) is 17.1 Å². The average molecular weight is 246 g/mol. The Balaban J connectivity index is 2.60. The molecule has 0 unspecified atom stereocenters. The molecule has 0 fully saturated rings. The van der Waals surface area contributed by atoms with E-state index in [1.54, 1.807) is 20.4 Å². The van der Waals surface area contributed by atoms with Gasteiger partial charge in [0.2, 0.25) is 0 Å². The number of methoxy groups -OCH3 is 1. The Hall–Kier alpha value is -1.97. The van der Waals surface area contributed by atoms with Crippen LogP contribution >= 0.6 is 0 Å². The number of oxazole rings is 1. The fourth-order valence-corrected chi connectivity index (χ4v) is 2.14. The van der Waals surface area contributed by atoms with Gasteiger partial charge in [0, 0.05) is 12.6 Å². The van der Waals surface area contributed by atoms with E-state index in [0.29, 0.717) is 6.01 Å². The van der Waals surface area contributed by atoms with Crippen LogP contribution < -0.4 is 10.1 Å². The highest BCUT2D eigenvalue weighted by Gasteiger charge is 2.15. The minimum absolute atomic E-state index is 0.525. The molecule has 18 heavy (non-hydrogen) atoms. The molecule has 1 aromatic heterocycles. The SMILES string of the molecule is CNc1ncc(-c2c(C)cc(OC)c(C)c2C)o1. The van der Waals surface area contributed by atoms with Crippen LogP contribution in [0.15, 0.2) is 16.7 Å². The molecule has 1 heterocycles. The molecule has 2 aromatic rings. The maximum Gasteiger partial charge on any atom is 0.294 e. The number of hydrogen-bond donors (Lipinski definition) is 1. The van der Waals surface area contributed by atoms with Crippen molar-refractivity contribution in [2.24, 2.45) is 0 Å². The first-order chi connectivity index (χ1) is 8.58. The number of aromatic nitrogens is 1. The standard InChI is InChI=1S/C14H18N2O2/c1-8-6-11(17-5)9(2)10(3)13(8)12-7-16-14(15-4)18-12/h6-7H,1-5H3,(H,15,16). The highest BCUT2D eigenvalue weighted by molar-refractivity contribution is 5.70. The predicted octanol–water partition coefficient (Wildman–Crippen LogP) is 3.32. The summed E-state index contributed by atoms with van der Waals surface area (Å²) in [6.07, 6.45) is 1.74. The van der Waals surface area contributed by atoms with Crippen LogP contribution in [0.25, 0.3) is 11.3 Å². The van der Waals surface area contributed by atoms with Crippen molar-refractivity contribution in [2.75, 3.05) is 19.5 Å². The minimum Gasteiger partial charge on any atom is -0.496 e. The highest BCUT2D eigenvalue weighted by atomic mass is 16.5. The smallest absolute Gasteiger partial charge is 0.294 e. The number of ether oxygens (including phenoxy) is 1. The molecule has 0 atom stereocenters. The monoisotopic (exact) mass is 246 g/mol. The van der Waals surface area contributed by atoms with Gasteiger partial charge in [0.25, 0.3) is 6.01 Å². The Morgan fingerprint density at radius 3 is 2.50 bits per heavy atom. The van der Waals surface area contributed by atoms with Gasteiger partial charge in [-0.1, -0.05) is 0 Å².